The standard InChI is InChI=1S/C17H26ClN3O2/c1-4-9-21(3)17(22)19-16(13-5-7-14(18)8-6-13)15-12-20(2)10-11-23-15/h5-8,15-16H,4,9-12H2,1-3H3,(H,19,22). The van der Waals surface area contributed by atoms with Gasteiger partial charge in [-0.25, -0.2) is 4.79 Å². The zero-order valence-electron chi connectivity index (χ0n) is 14.1. The maximum Gasteiger partial charge on any atom is 0.317 e. The minimum absolute atomic E-state index is 0.0751. The van der Waals surface area contributed by atoms with E-state index in [2.05, 4.69) is 24.2 Å². The van der Waals surface area contributed by atoms with Crippen LogP contribution in [0.2, 0.25) is 5.02 Å². The van der Waals surface area contributed by atoms with Crippen LogP contribution in [0.4, 0.5) is 4.79 Å². The predicted octanol–water partition coefficient (Wildman–Crippen LogP) is 2.76. The van der Waals surface area contributed by atoms with Crippen LogP contribution in [0.15, 0.2) is 24.3 Å². The Kier molecular flexibility index (Phi) is 6.69. The summed E-state index contributed by atoms with van der Waals surface area (Å²) in [6, 6.07) is 7.32. The summed E-state index contributed by atoms with van der Waals surface area (Å²) in [6.07, 6.45) is 0.854. The van der Waals surface area contributed by atoms with E-state index in [-0.39, 0.29) is 18.2 Å². The molecule has 2 atom stereocenters. The van der Waals surface area contributed by atoms with Gasteiger partial charge in [0.1, 0.15) is 0 Å². The van der Waals surface area contributed by atoms with Crippen molar-refractivity contribution in [1.29, 1.82) is 0 Å². The number of benzene rings is 1. The second-order valence-corrected chi connectivity index (χ2v) is 6.51. The molecule has 1 N–H and O–H groups in total. The molecule has 1 heterocycles. The molecule has 1 fully saturated rings. The number of hydrogen-bond acceptors (Lipinski definition) is 3. The number of carbonyl (C=O) groups is 1. The first-order valence-electron chi connectivity index (χ1n) is 8.08. The number of nitrogens with one attached hydrogen (secondary N) is 1. The summed E-state index contributed by atoms with van der Waals surface area (Å²) >= 11 is 5.99. The number of carbonyl (C=O) groups excluding carboxylic acids is 1. The van der Waals surface area contributed by atoms with Crippen molar-refractivity contribution in [3.05, 3.63) is 34.9 Å². The lowest BCUT2D eigenvalue weighted by Crippen LogP contribution is -2.50. The molecule has 0 saturated carbocycles. The fourth-order valence-corrected chi connectivity index (χ4v) is 2.88. The van der Waals surface area contributed by atoms with Crippen molar-refractivity contribution in [2.45, 2.75) is 25.5 Å². The maximum absolute atomic E-state index is 12.4. The van der Waals surface area contributed by atoms with Crippen LogP contribution in [0.25, 0.3) is 0 Å². The molecule has 1 aliphatic heterocycles. The van der Waals surface area contributed by atoms with Gasteiger partial charge in [-0.05, 0) is 31.2 Å². The Bertz CT molecular complexity index is 509. The van der Waals surface area contributed by atoms with E-state index in [1.54, 1.807) is 4.90 Å². The normalized spacial score (nSPS) is 20.1. The Hall–Kier alpha value is -1.30. The first-order valence-corrected chi connectivity index (χ1v) is 8.46. The number of hydrogen-bond donors (Lipinski definition) is 1. The van der Waals surface area contributed by atoms with Crippen LogP contribution < -0.4 is 5.32 Å². The molecule has 128 valence electrons. The Labute approximate surface area is 143 Å². The monoisotopic (exact) mass is 339 g/mol. The fraction of sp³-hybridized carbons (Fsp3) is 0.588. The molecule has 2 unspecified atom stereocenters. The number of morpholine rings is 1. The Morgan fingerprint density at radius 2 is 2.17 bits per heavy atom. The Morgan fingerprint density at radius 1 is 1.48 bits per heavy atom. The van der Waals surface area contributed by atoms with Crippen LogP contribution in [0.5, 0.6) is 0 Å². The van der Waals surface area contributed by atoms with Crippen molar-refractivity contribution in [1.82, 2.24) is 15.1 Å². The number of halogens is 1. The maximum atomic E-state index is 12.4. The van der Waals surface area contributed by atoms with E-state index in [0.717, 1.165) is 31.6 Å². The van der Waals surface area contributed by atoms with Gasteiger partial charge in [0, 0.05) is 31.7 Å². The second kappa shape index (κ2) is 8.52. The number of ether oxygens (including phenoxy) is 1. The topological polar surface area (TPSA) is 44.8 Å². The van der Waals surface area contributed by atoms with Crippen molar-refractivity contribution < 1.29 is 9.53 Å². The number of likely N-dealkylation sites (N-methyl/N-ethyl adjacent to an activating group) is 1. The lowest BCUT2D eigenvalue weighted by molar-refractivity contribution is -0.0377. The van der Waals surface area contributed by atoms with E-state index in [4.69, 9.17) is 16.3 Å². The second-order valence-electron chi connectivity index (χ2n) is 6.07. The third kappa shape index (κ3) is 5.09. The highest BCUT2D eigenvalue weighted by molar-refractivity contribution is 6.30. The predicted molar refractivity (Wildman–Crippen MR) is 92.9 cm³/mol. The largest absolute Gasteiger partial charge is 0.373 e. The van der Waals surface area contributed by atoms with Gasteiger partial charge in [0.25, 0.3) is 0 Å². The van der Waals surface area contributed by atoms with Crippen molar-refractivity contribution in [3.63, 3.8) is 0 Å². The van der Waals surface area contributed by atoms with Crippen LogP contribution in [0.1, 0.15) is 24.9 Å². The van der Waals surface area contributed by atoms with E-state index >= 15 is 0 Å². The Morgan fingerprint density at radius 3 is 2.78 bits per heavy atom. The van der Waals surface area contributed by atoms with E-state index < -0.39 is 0 Å². The van der Waals surface area contributed by atoms with Gasteiger partial charge in [-0.1, -0.05) is 30.7 Å². The summed E-state index contributed by atoms with van der Waals surface area (Å²) in [5.41, 5.74) is 1.01. The third-order valence-electron chi connectivity index (χ3n) is 4.08. The molecule has 2 amide bonds. The molecule has 0 radical (unpaired) electrons. The third-order valence-corrected chi connectivity index (χ3v) is 4.33. The molecule has 0 aromatic heterocycles. The SMILES string of the molecule is CCCN(C)C(=O)NC(c1ccc(Cl)cc1)C1CN(C)CCO1. The van der Waals surface area contributed by atoms with Crippen LogP contribution in [0.3, 0.4) is 0 Å². The van der Waals surface area contributed by atoms with Crippen LogP contribution in [-0.4, -0.2) is 62.3 Å². The quantitative estimate of drug-likeness (QED) is 0.897. The van der Waals surface area contributed by atoms with Crippen molar-refractivity contribution in [3.8, 4) is 0 Å². The van der Waals surface area contributed by atoms with Crippen LogP contribution in [0, 0.1) is 0 Å². The molecule has 23 heavy (non-hydrogen) atoms. The van der Waals surface area contributed by atoms with Gasteiger partial charge >= 0.3 is 6.03 Å². The zero-order valence-corrected chi connectivity index (χ0v) is 14.8. The van der Waals surface area contributed by atoms with Crippen LogP contribution >= 0.6 is 11.6 Å². The molecule has 1 aromatic rings. The smallest absolute Gasteiger partial charge is 0.317 e. The summed E-state index contributed by atoms with van der Waals surface area (Å²) in [7, 11) is 3.88. The highest BCUT2D eigenvalue weighted by Gasteiger charge is 2.30. The summed E-state index contributed by atoms with van der Waals surface area (Å²) in [4.78, 5) is 16.4. The molecule has 6 heteroatoms. The number of rotatable bonds is 5. The molecule has 5 nitrogen and oxygen atoms in total. The minimum Gasteiger partial charge on any atom is -0.373 e. The summed E-state index contributed by atoms with van der Waals surface area (Å²) in [5, 5.41) is 3.80. The van der Waals surface area contributed by atoms with Crippen molar-refractivity contribution >= 4 is 17.6 Å². The average Bonchev–Trinajstić information content (AvgIpc) is 2.53. The van der Waals surface area contributed by atoms with Gasteiger partial charge in [0.15, 0.2) is 0 Å². The lowest BCUT2D eigenvalue weighted by atomic mass is 10.00. The molecule has 0 aliphatic carbocycles. The molecule has 1 aliphatic rings. The first-order chi connectivity index (χ1) is 11.0. The van der Waals surface area contributed by atoms with E-state index in [1.807, 2.05) is 31.3 Å². The van der Waals surface area contributed by atoms with Gasteiger partial charge in [0.05, 0.1) is 18.8 Å². The highest BCUT2D eigenvalue weighted by Crippen LogP contribution is 2.24. The summed E-state index contributed by atoms with van der Waals surface area (Å²) in [6.45, 7) is 5.15. The molecular weight excluding hydrogens is 314 g/mol. The molecule has 1 aromatic carbocycles. The van der Waals surface area contributed by atoms with E-state index in [9.17, 15) is 4.79 Å². The van der Waals surface area contributed by atoms with Gasteiger partial charge in [-0.3, -0.25) is 0 Å². The van der Waals surface area contributed by atoms with Gasteiger partial charge in [-0.15, -0.1) is 0 Å². The number of amides is 2. The fourth-order valence-electron chi connectivity index (χ4n) is 2.75. The summed E-state index contributed by atoms with van der Waals surface area (Å²) < 4.78 is 5.93. The molecule has 0 spiro atoms. The van der Waals surface area contributed by atoms with Gasteiger partial charge < -0.3 is 19.9 Å². The van der Waals surface area contributed by atoms with Gasteiger partial charge in [0.2, 0.25) is 0 Å². The molecule has 2 rings (SSSR count). The Balaban J connectivity index is 2.17. The van der Waals surface area contributed by atoms with Crippen molar-refractivity contribution in [2.75, 3.05) is 40.3 Å². The van der Waals surface area contributed by atoms with Crippen molar-refractivity contribution in [2.24, 2.45) is 0 Å². The zero-order chi connectivity index (χ0) is 16.8. The lowest BCUT2D eigenvalue weighted by Gasteiger charge is -2.36. The highest BCUT2D eigenvalue weighted by atomic mass is 35.5. The number of urea groups is 1. The molecule has 1 saturated heterocycles. The molecule has 0 bridgehead atoms. The summed E-state index contributed by atoms with van der Waals surface area (Å²) in [5.74, 6) is 0. The number of nitrogens with zero attached hydrogens (tertiary/aromatic N) is 2. The van der Waals surface area contributed by atoms with E-state index in [0.29, 0.717) is 11.6 Å². The average molecular weight is 340 g/mol. The van der Waals surface area contributed by atoms with E-state index in [1.165, 1.54) is 0 Å². The van der Waals surface area contributed by atoms with Crippen LogP contribution in [-0.2, 0) is 4.74 Å². The minimum atomic E-state index is -0.193. The van der Waals surface area contributed by atoms with Gasteiger partial charge in [-0.2, -0.15) is 0 Å². The molecular formula is C17H26ClN3O2. The first kappa shape index (κ1) is 18.0.